The smallest absolute Gasteiger partial charge is 0.237 e. The number of thiocarbonyl (C=S) groups is 1. The van der Waals surface area contributed by atoms with Crippen molar-refractivity contribution in [1.82, 2.24) is 9.88 Å². The van der Waals surface area contributed by atoms with E-state index in [1.54, 1.807) is 21.3 Å². The summed E-state index contributed by atoms with van der Waals surface area (Å²) in [5.74, 6) is 2.20. The van der Waals surface area contributed by atoms with Crippen LogP contribution in [-0.2, 0) is 12.8 Å². The molecule has 0 amide bonds. The second kappa shape index (κ2) is 9.60. The highest BCUT2D eigenvalue weighted by molar-refractivity contribution is 7.80. The van der Waals surface area contributed by atoms with Crippen LogP contribution in [-0.4, -0.2) is 62.5 Å². The SMILES string of the molecule is COc1cc(OC)cc(N2CCN(C(=S)Nc3cc4c(nc3OC)CCCC4)CC2)c1. The van der Waals surface area contributed by atoms with Crippen molar-refractivity contribution in [3.05, 3.63) is 35.5 Å². The molecule has 2 aromatic rings. The third-order valence-electron chi connectivity index (χ3n) is 5.97. The summed E-state index contributed by atoms with van der Waals surface area (Å²) in [6.07, 6.45) is 4.49. The van der Waals surface area contributed by atoms with Crippen LogP contribution in [0.3, 0.4) is 0 Å². The summed E-state index contributed by atoms with van der Waals surface area (Å²) in [7, 11) is 5.00. The molecule has 1 fully saturated rings. The quantitative estimate of drug-likeness (QED) is 0.706. The summed E-state index contributed by atoms with van der Waals surface area (Å²) in [6.45, 7) is 3.37. The maximum absolute atomic E-state index is 5.73. The van der Waals surface area contributed by atoms with Gasteiger partial charge in [0.15, 0.2) is 5.11 Å². The summed E-state index contributed by atoms with van der Waals surface area (Å²) in [5, 5.41) is 4.09. The van der Waals surface area contributed by atoms with E-state index in [0.717, 1.165) is 67.6 Å². The molecule has 1 saturated heterocycles. The summed E-state index contributed by atoms with van der Waals surface area (Å²) >= 11 is 5.73. The molecule has 7 nitrogen and oxygen atoms in total. The minimum absolute atomic E-state index is 0.616. The second-order valence-corrected chi connectivity index (χ2v) is 8.22. The lowest BCUT2D eigenvalue weighted by atomic mass is 9.96. The number of piperazine rings is 1. The molecule has 0 unspecified atom stereocenters. The van der Waals surface area contributed by atoms with Gasteiger partial charge in [-0.15, -0.1) is 0 Å². The Morgan fingerprint density at radius 2 is 1.58 bits per heavy atom. The Morgan fingerprint density at radius 3 is 2.23 bits per heavy atom. The first kappa shape index (κ1) is 21.5. The Kier molecular flexibility index (Phi) is 6.65. The fraction of sp³-hybridized carbons (Fsp3) is 0.478. The number of aryl methyl sites for hydroxylation is 2. The lowest BCUT2D eigenvalue weighted by molar-refractivity contribution is 0.383. The van der Waals surface area contributed by atoms with Crippen molar-refractivity contribution >= 4 is 28.7 Å². The van der Waals surface area contributed by atoms with Crippen molar-refractivity contribution in [3.63, 3.8) is 0 Å². The average molecular weight is 443 g/mol. The van der Waals surface area contributed by atoms with Gasteiger partial charge in [0.05, 0.1) is 21.3 Å². The zero-order chi connectivity index (χ0) is 21.8. The van der Waals surface area contributed by atoms with Crippen LogP contribution < -0.4 is 24.4 Å². The summed E-state index contributed by atoms with van der Waals surface area (Å²) in [5.41, 5.74) is 4.40. The van der Waals surface area contributed by atoms with E-state index in [1.165, 1.54) is 18.4 Å². The minimum Gasteiger partial charge on any atom is -0.497 e. The third kappa shape index (κ3) is 4.79. The zero-order valence-electron chi connectivity index (χ0n) is 18.4. The number of hydrogen-bond donors (Lipinski definition) is 1. The lowest BCUT2D eigenvalue weighted by Crippen LogP contribution is -2.50. The molecule has 0 bridgehead atoms. The molecule has 2 heterocycles. The van der Waals surface area contributed by atoms with Gasteiger partial charge in [-0.05, 0) is 49.5 Å². The molecule has 1 aliphatic heterocycles. The van der Waals surface area contributed by atoms with Crippen LogP contribution in [0.15, 0.2) is 24.3 Å². The van der Waals surface area contributed by atoms with Gasteiger partial charge in [0, 0.05) is 55.8 Å². The number of ether oxygens (including phenoxy) is 3. The van der Waals surface area contributed by atoms with E-state index in [-0.39, 0.29) is 0 Å². The molecule has 8 heteroatoms. The molecule has 0 spiro atoms. The highest BCUT2D eigenvalue weighted by Gasteiger charge is 2.22. The van der Waals surface area contributed by atoms with Gasteiger partial charge in [-0.2, -0.15) is 0 Å². The van der Waals surface area contributed by atoms with Crippen LogP contribution >= 0.6 is 12.2 Å². The van der Waals surface area contributed by atoms with Crippen molar-refractivity contribution in [2.24, 2.45) is 0 Å². The van der Waals surface area contributed by atoms with Crippen molar-refractivity contribution in [2.45, 2.75) is 25.7 Å². The van der Waals surface area contributed by atoms with Gasteiger partial charge in [0.25, 0.3) is 0 Å². The van der Waals surface area contributed by atoms with Gasteiger partial charge in [0.1, 0.15) is 17.2 Å². The van der Waals surface area contributed by atoms with Crippen molar-refractivity contribution in [3.8, 4) is 17.4 Å². The normalized spacial score (nSPS) is 15.8. The Morgan fingerprint density at radius 1 is 0.903 bits per heavy atom. The van der Waals surface area contributed by atoms with Gasteiger partial charge >= 0.3 is 0 Å². The lowest BCUT2D eigenvalue weighted by Gasteiger charge is -2.37. The Labute approximate surface area is 189 Å². The van der Waals surface area contributed by atoms with Crippen LogP contribution in [0, 0.1) is 0 Å². The molecule has 4 rings (SSSR count). The van der Waals surface area contributed by atoms with E-state index in [1.807, 2.05) is 18.2 Å². The average Bonchev–Trinajstić information content (AvgIpc) is 2.83. The summed E-state index contributed by atoms with van der Waals surface area (Å²) in [4.78, 5) is 9.24. The minimum atomic E-state index is 0.616. The molecular weight excluding hydrogens is 412 g/mol. The van der Waals surface area contributed by atoms with Gasteiger partial charge < -0.3 is 29.3 Å². The van der Waals surface area contributed by atoms with Crippen LogP contribution in [0.5, 0.6) is 17.4 Å². The zero-order valence-corrected chi connectivity index (χ0v) is 19.3. The van der Waals surface area contributed by atoms with Crippen LogP contribution in [0.1, 0.15) is 24.1 Å². The topological polar surface area (TPSA) is 59.1 Å². The van der Waals surface area contributed by atoms with Crippen LogP contribution in [0.25, 0.3) is 0 Å². The van der Waals surface area contributed by atoms with Crippen molar-refractivity contribution in [2.75, 3.05) is 57.7 Å². The molecule has 1 aromatic heterocycles. The summed E-state index contributed by atoms with van der Waals surface area (Å²) in [6, 6.07) is 8.13. The molecule has 1 aromatic carbocycles. The number of pyridine rings is 1. The predicted molar refractivity (Wildman–Crippen MR) is 127 cm³/mol. The fourth-order valence-corrected chi connectivity index (χ4v) is 4.49. The molecule has 0 radical (unpaired) electrons. The highest BCUT2D eigenvalue weighted by atomic mass is 32.1. The molecule has 166 valence electrons. The number of fused-ring (bicyclic) bond motifs is 1. The number of benzene rings is 1. The largest absolute Gasteiger partial charge is 0.497 e. The van der Waals surface area contributed by atoms with Crippen molar-refractivity contribution < 1.29 is 14.2 Å². The number of methoxy groups -OCH3 is 3. The number of rotatable bonds is 5. The Hall–Kier alpha value is -2.74. The molecule has 1 N–H and O–H groups in total. The Bertz CT molecular complexity index is 922. The fourth-order valence-electron chi connectivity index (χ4n) is 4.20. The summed E-state index contributed by atoms with van der Waals surface area (Å²) < 4.78 is 16.4. The van der Waals surface area contributed by atoms with E-state index in [9.17, 15) is 0 Å². The van der Waals surface area contributed by atoms with E-state index in [4.69, 9.17) is 31.4 Å². The number of nitrogens with one attached hydrogen (secondary N) is 1. The molecule has 1 aliphatic carbocycles. The Balaban J connectivity index is 1.41. The standard InChI is InChI=1S/C23H30N4O3S/c1-28-18-13-17(14-19(15-18)29-2)26-8-10-27(11-9-26)23(31)25-21-12-16-6-4-5-7-20(16)24-22(21)30-3/h12-15H,4-11H2,1-3H3,(H,25,31). The van der Waals surface area contributed by atoms with Crippen LogP contribution in [0.2, 0.25) is 0 Å². The highest BCUT2D eigenvalue weighted by Crippen LogP contribution is 2.31. The molecule has 0 atom stereocenters. The first-order chi connectivity index (χ1) is 15.1. The number of aromatic nitrogens is 1. The third-order valence-corrected chi connectivity index (χ3v) is 6.33. The molecule has 2 aliphatic rings. The second-order valence-electron chi connectivity index (χ2n) is 7.83. The predicted octanol–water partition coefficient (Wildman–Crippen LogP) is 3.51. The van der Waals surface area contributed by atoms with E-state index >= 15 is 0 Å². The molecular formula is C23H30N4O3S. The van der Waals surface area contributed by atoms with E-state index in [2.05, 4.69) is 21.2 Å². The van der Waals surface area contributed by atoms with Gasteiger partial charge in [-0.1, -0.05) is 0 Å². The molecule has 0 saturated carbocycles. The number of hydrogen-bond acceptors (Lipinski definition) is 6. The van der Waals surface area contributed by atoms with Gasteiger partial charge in [-0.25, -0.2) is 4.98 Å². The monoisotopic (exact) mass is 442 g/mol. The maximum atomic E-state index is 5.73. The number of nitrogens with zero attached hydrogens (tertiary/aromatic N) is 3. The van der Waals surface area contributed by atoms with E-state index < -0.39 is 0 Å². The number of anilines is 2. The van der Waals surface area contributed by atoms with E-state index in [0.29, 0.717) is 11.0 Å². The van der Waals surface area contributed by atoms with Crippen LogP contribution in [0.4, 0.5) is 11.4 Å². The van der Waals surface area contributed by atoms with Gasteiger partial charge in [0.2, 0.25) is 5.88 Å². The molecule has 31 heavy (non-hydrogen) atoms. The maximum Gasteiger partial charge on any atom is 0.237 e. The first-order valence-corrected chi connectivity index (χ1v) is 11.1. The van der Waals surface area contributed by atoms with Gasteiger partial charge in [-0.3, -0.25) is 0 Å². The first-order valence-electron chi connectivity index (χ1n) is 10.7. The van der Waals surface area contributed by atoms with Crippen molar-refractivity contribution in [1.29, 1.82) is 0 Å².